The van der Waals surface area contributed by atoms with Gasteiger partial charge < -0.3 is 5.73 Å². The molecule has 1 aliphatic rings. The van der Waals surface area contributed by atoms with Crippen molar-refractivity contribution in [3.8, 4) is 0 Å². The summed E-state index contributed by atoms with van der Waals surface area (Å²) in [5, 5.41) is 0. The van der Waals surface area contributed by atoms with Crippen LogP contribution in [0.1, 0.15) is 67.2 Å². The molecule has 0 spiro atoms. The van der Waals surface area contributed by atoms with Gasteiger partial charge in [0.1, 0.15) is 0 Å². The molecule has 0 radical (unpaired) electrons. The van der Waals surface area contributed by atoms with Crippen LogP contribution in [0, 0.1) is 16.2 Å². The third kappa shape index (κ3) is 4.14. The van der Waals surface area contributed by atoms with Crippen molar-refractivity contribution < 1.29 is 0 Å². The highest BCUT2D eigenvalue weighted by atomic mass is 14.7. The minimum atomic E-state index is 0.404. The lowest BCUT2D eigenvalue weighted by Gasteiger charge is -2.48. The quantitative estimate of drug-likeness (QED) is 0.698. The fourth-order valence-corrected chi connectivity index (χ4v) is 4.13. The Kier molecular flexibility index (Phi) is 3.27. The van der Waals surface area contributed by atoms with E-state index in [4.69, 9.17) is 5.73 Å². The van der Waals surface area contributed by atoms with Crippen LogP contribution in [0.3, 0.4) is 0 Å². The Hall–Kier alpha value is -0.0400. The van der Waals surface area contributed by atoms with Gasteiger partial charge in [-0.1, -0.05) is 41.5 Å². The second-order valence-electron chi connectivity index (χ2n) is 8.06. The standard InChI is InChI=1S/C14H29N/c1-12(2,3)9-14(6)8-11(15)7-13(4,5)10-14/h11H,7-10,15H2,1-6H3. The van der Waals surface area contributed by atoms with Gasteiger partial charge in [0.2, 0.25) is 0 Å². The Bertz CT molecular complexity index is 220. The fourth-order valence-electron chi connectivity index (χ4n) is 4.13. The average Bonchev–Trinajstić information content (AvgIpc) is 1.70. The summed E-state index contributed by atoms with van der Waals surface area (Å²) in [4.78, 5) is 0. The van der Waals surface area contributed by atoms with Crippen LogP contribution in [0.5, 0.6) is 0 Å². The van der Waals surface area contributed by atoms with E-state index in [0.29, 0.717) is 22.3 Å². The van der Waals surface area contributed by atoms with Crippen LogP contribution in [0.25, 0.3) is 0 Å². The molecule has 1 nitrogen and oxygen atoms in total. The van der Waals surface area contributed by atoms with Gasteiger partial charge >= 0.3 is 0 Å². The third-order valence-electron chi connectivity index (χ3n) is 3.43. The predicted molar refractivity (Wildman–Crippen MR) is 67.8 cm³/mol. The first-order valence-corrected chi connectivity index (χ1v) is 6.27. The van der Waals surface area contributed by atoms with Gasteiger partial charge in [-0.15, -0.1) is 0 Å². The zero-order chi connectivity index (χ0) is 11.9. The van der Waals surface area contributed by atoms with E-state index in [2.05, 4.69) is 41.5 Å². The van der Waals surface area contributed by atoms with Gasteiger partial charge in [-0.2, -0.15) is 0 Å². The van der Waals surface area contributed by atoms with Gasteiger partial charge in [0.15, 0.2) is 0 Å². The van der Waals surface area contributed by atoms with Crippen LogP contribution in [0.2, 0.25) is 0 Å². The molecule has 1 saturated carbocycles. The van der Waals surface area contributed by atoms with Crippen molar-refractivity contribution in [1.29, 1.82) is 0 Å². The van der Waals surface area contributed by atoms with E-state index < -0.39 is 0 Å². The first-order chi connectivity index (χ1) is 6.52. The van der Waals surface area contributed by atoms with Crippen molar-refractivity contribution in [3.63, 3.8) is 0 Å². The summed E-state index contributed by atoms with van der Waals surface area (Å²) in [6.07, 6.45) is 5.00. The maximum atomic E-state index is 6.20. The molecule has 15 heavy (non-hydrogen) atoms. The molecule has 0 heterocycles. The molecule has 0 aromatic heterocycles. The minimum absolute atomic E-state index is 0.404. The van der Waals surface area contributed by atoms with E-state index in [0.717, 1.165) is 0 Å². The molecule has 0 amide bonds. The van der Waals surface area contributed by atoms with Crippen LogP contribution in [0.15, 0.2) is 0 Å². The van der Waals surface area contributed by atoms with E-state index in [1.165, 1.54) is 25.7 Å². The summed E-state index contributed by atoms with van der Waals surface area (Å²) >= 11 is 0. The summed E-state index contributed by atoms with van der Waals surface area (Å²) in [6.45, 7) is 14.2. The van der Waals surface area contributed by atoms with E-state index >= 15 is 0 Å². The molecule has 1 aliphatic carbocycles. The lowest BCUT2D eigenvalue weighted by Crippen LogP contribution is -2.43. The second-order valence-corrected chi connectivity index (χ2v) is 8.06. The highest BCUT2D eigenvalue weighted by molar-refractivity contribution is 4.94. The molecule has 1 fully saturated rings. The van der Waals surface area contributed by atoms with Crippen LogP contribution in [-0.4, -0.2) is 6.04 Å². The molecule has 0 aliphatic heterocycles. The molecule has 0 aromatic carbocycles. The highest BCUT2D eigenvalue weighted by Gasteiger charge is 2.41. The molecule has 2 N–H and O–H groups in total. The van der Waals surface area contributed by atoms with Gasteiger partial charge in [-0.05, 0) is 41.9 Å². The first-order valence-electron chi connectivity index (χ1n) is 6.27. The first kappa shape index (κ1) is 13.0. The lowest BCUT2D eigenvalue weighted by molar-refractivity contribution is 0.0474. The van der Waals surface area contributed by atoms with Gasteiger partial charge in [-0.3, -0.25) is 0 Å². The summed E-state index contributed by atoms with van der Waals surface area (Å²) in [5.74, 6) is 0. The van der Waals surface area contributed by atoms with Gasteiger partial charge in [0.25, 0.3) is 0 Å². The van der Waals surface area contributed by atoms with Crippen molar-refractivity contribution in [3.05, 3.63) is 0 Å². The van der Waals surface area contributed by atoms with Crippen LogP contribution < -0.4 is 5.73 Å². The van der Waals surface area contributed by atoms with E-state index in [-0.39, 0.29) is 0 Å². The molecular formula is C14H29N. The van der Waals surface area contributed by atoms with E-state index in [1.807, 2.05) is 0 Å². The Labute approximate surface area is 95.8 Å². The molecule has 2 atom stereocenters. The summed E-state index contributed by atoms with van der Waals surface area (Å²) in [5.41, 5.74) is 7.50. The summed E-state index contributed by atoms with van der Waals surface area (Å²) in [6, 6.07) is 0.404. The van der Waals surface area contributed by atoms with Crippen molar-refractivity contribution in [2.75, 3.05) is 0 Å². The summed E-state index contributed by atoms with van der Waals surface area (Å²) in [7, 11) is 0. The highest BCUT2D eigenvalue weighted by Crippen LogP contribution is 2.50. The topological polar surface area (TPSA) is 26.0 Å². The second kappa shape index (κ2) is 3.76. The fraction of sp³-hybridized carbons (Fsp3) is 1.00. The lowest BCUT2D eigenvalue weighted by atomic mass is 9.59. The Balaban J connectivity index is 2.75. The smallest absolute Gasteiger partial charge is 0.00491 e. The summed E-state index contributed by atoms with van der Waals surface area (Å²) < 4.78 is 0. The molecule has 1 heteroatoms. The number of hydrogen-bond donors (Lipinski definition) is 1. The zero-order valence-corrected chi connectivity index (χ0v) is 11.5. The minimum Gasteiger partial charge on any atom is -0.328 e. The molecular weight excluding hydrogens is 182 g/mol. The van der Waals surface area contributed by atoms with Crippen LogP contribution in [0.4, 0.5) is 0 Å². The van der Waals surface area contributed by atoms with Crippen molar-refractivity contribution in [2.24, 2.45) is 22.0 Å². The molecule has 90 valence electrons. The number of hydrogen-bond acceptors (Lipinski definition) is 1. The zero-order valence-electron chi connectivity index (χ0n) is 11.5. The molecule has 2 unspecified atom stereocenters. The molecule has 1 rings (SSSR count). The van der Waals surface area contributed by atoms with Crippen molar-refractivity contribution in [2.45, 2.75) is 73.3 Å². The van der Waals surface area contributed by atoms with Crippen LogP contribution >= 0.6 is 0 Å². The Morgan fingerprint density at radius 3 is 2.07 bits per heavy atom. The monoisotopic (exact) mass is 211 g/mol. The number of rotatable bonds is 1. The largest absolute Gasteiger partial charge is 0.328 e. The van der Waals surface area contributed by atoms with Gasteiger partial charge in [-0.25, -0.2) is 0 Å². The average molecular weight is 211 g/mol. The van der Waals surface area contributed by atoms with Gasteiger partial charge in [0, 0.05) is 6.04 Å². The van der Waals surface area contributed by atoms with E-state index in [1.54, 1.807) is 0 Å². The SMILES string of the molecule is CC(C)(C)CC1(C)CC(N)CC(C)(C)C1. The van der Waals surface area contributed by atoms with E-state index in [9.17, 15) is 0 Å². The van der Waals surface area contributed by atoms with Crippen molar-refractivity contribution in [1.82, 2.24) is 0 Å². The van der Waals surface area contributed by atoms with Gasteiger partial charge in [0.05, 0.1) is 0 Å². The maximum absolute atomic E-state index is 6.20. The third-order valence-corrected chi connectivity index (χ3v) is 3.43. The Morgan fingerprint density at radius 2 is 1.67 bits per heavy atom. The molecule has 0 bridgehead atoms. The molecule has 0 aromatic rings. The number of nitrogens with two attached hydrogens (primary N) is 1. The van der Waals surface area contributed by atoms with Crippen molar-refractivity contribution >= 4 is 0 Å². The van der Waals surface area contributed by atoms with Crippen LogP contribution in [-0.2, 0) is 0 Å². The Morgan fingerprint density at radius 1 is 1.13 bits per heavy atom. The normalized spacial score (nSPS) is 36.6. The predicted octanol–water partition coefficient (Wildman–Crippen LogP) is 3.97. The maximum Gasteiger partial charge on any atom is 0.00491 e. The molecule has 0 saturated heterocycles.